The van der Waals surface area contributed by atoms with E-state index in [1.807, 2.05) is 45.2 Å². The smallest absolute Gasteiger partial charge is 0.241 e. The van der Waals surface area contributed by atoms with Gasteiger partial charge in [-0.1, -0.05) is 6.92 Å². The first-order chi connectivity index (χ1) is 18.4. The van der Waals surface area contributed by atoms with Crippen LogP contribution in [0.25, 0.3) is 34.3 Å². The Hall–Kier alpha value is -4.21. The van der Waals surface area contributed by atoms with Gasteiger partial charge >= 0.3 is 0 Å². The number of nitriles is 1. The fraction of sp³-hybridized carbons (Fsp3) is 0.423. The van der Waals surface area contributed by atoms with Gasteiger partial charge in [-0.2, -0.15) is 15.5 Å². The van der Waals surface area contributed by atoms with E-state index >= 15 is 0 Å². The predicted octanol–water partition coefficient (Wildman–Crippen LogP) is 2.70. The summed E-state index contributed by atoms with van der Waals surface area (Å²) in [4.78, 5) is 6.90. The van der Waals surface area contributed by atoms with Crippen LogP contribution in [0.15, 0.2) is 12.3 Å². The zero-order valence-electron chi connectivity index (χ0n) is 22.0. The number of nitrogens with zero attached hydrogens (tertiary/aromatic N) is 8. The molecule has 4 aromatic heterocycles. The van der Waals surface area contributed by atoms with Gasteiger partial charge < -0.3 is 14.6 Å². The van der Waals surface area contributed by atoms with E-state index in [9.17, 15) is 5.11 Å². The van der Waals surface area contributed by atoms with Crippen molar-refractivity contribution in [1.29, 1.82) is 5.26 Å². The molecule has 2 bridgehead atoms. The lowest BCUT2D eigenvalue weighted by Gasteiger charge is -2.23. The summed E-state index contributed by atoms with van der Waals surface area (Å²) in [6, 6.07) is 3.72. The molecule has 0 amide bonds. The van der Waals surface area contributed by atoms with Crippen LogP contribution in [0, 0.1) is 18.3 Å². The summed E-state index contributed by atoms with van der Waals surface area (Å²) >= 11 is 0. The Kier molecular flexibility index (Phi) is 7.13. The number of H-pyrrole nitrogens is 1. The molecule has 4 aromatic rings. The van der Waals surface area contributed by atoms with Gasteiger partial charge in [0.25, 0.3) is 0 Å². The Morgan fingerprint density at radius 1 is 1.32 bits per heavy atom. The SMILES string of the molecule is CCN1CCOc2c(c(C)nn2C)-c2cc3c(n[nH]c3cn2)/C=C/c2c(OCC#N)nn(C(C)CO)c2C1. The van der Waals surface area contributed by atoms with Gasteiger partial charge in [-0.15, -0.1) is 5.10 Å². The van der Waals surface area contributed by atoms with E-state index in [0.29, 0.717) is 31.5 Å². The Morgan fingerprint density at radius 3 is 2.92 bits per heavy atom. The van der Waals surface area contributed by atoms with Crippen LogP contribution in [-0.2, 0) is 13.6 Å². The number of aromatic amines is 1. The maximum absolute atomic E-state index is 9.94. The van der Waals surface area contributed by atoms with E-state index in [1.165, 1.54) is 0 Å². The summed E-state index contributed by atoms with van der Waals surface area (Å²) in [5.41, 5.74) is 5.55. The van der Waals surface area contributed by atoms with Crippen LogP contribution in [0.1, 0.15) is 42.5 Å². The molecule has 5 rings (SSSR count). The number of aryl methyl sites for hydroxylation is 2. The molecule has 5 heterocycles. The molecule has 0 saturated heterocycles. The van der Waals surface area contributed by atoms with Crippen molar-refractivity contribution >= 4 is 23.1 Å². The van der Waals surface area contributed by atoms with E-state index in [0.717, 1.165) is 51.4 Å². The second-order valence-corrected chi connectivity index (χ2v) is 9.25. The van der Waals surface area contributed by atoms with Gasteiger partial charge in [-0.05, 0) is 38.6 Å². The first-order valence-corrected chi connectivity index (χ1v) is 12.6. The standard InChI is InChI=1S/C26H31N9O3/c1-5-34-9-11-38-26-24(17(3)31-33(26)4)21-12-19-20(29-30-22(19)13-28-21)7-6-18-23(14-34)35(16(2)15-36)32-25(18)37-10-8-27/h6-7,12-13,16,36H,5,9-11,14-15H2,1-4H3,(H,29,30)/b7-6+. The van der Waals surface area contributed by atoms with Crippen LogP contribution >= 0.6 is 0 Å². The summed E-state index contributed by atoms with van der Waals surface area (Å²) < 4.78 is 15.5. The monoisotopic (exact) mass is 517 g/mol. The number of aliphatic hydroxyl groups is 1. The van der Waals surface area contributed by atoms with Crippen molar-refractivity contribution in [3.63, 3.8) is 0 Å². The Bertz CT molecular complexity index is 1520. The largest absolute Gasteiger partial charge is 0.476 e. The number of aromatic nitrogens is 7. The average Bonchev–Trinajstić information content (AvgIpc) is 3.56. The summed E-state index contributed by atoms with van der Waals surface area (Å²) in [5.74, 6) is 0.999. The van der Waals surface area contributed by atoms with Gasteiger partial charge in [0.2, 0.25) is 11.8 Å². The molecule has 198 valence electrons. The van der Waals surface area contributed by atoms with E-state index in [1.54, 1.807) is 15.6 Å². The second kappa shape index (κ2) is 10.6. The molecule has 12 heteroatoms. The molecule has 0 radical (unpaired) electrons. The second-order valence-electron chi connectivity index (χ2n) is 9.25. The third kappa shape index (κ3) is 4.62. The molecule has 12 nitrogen and oxygen atoms in total. The van der Waals surface area contributed by atoms with Crippen LogP contribution < -0.4 is 9.47 Å². The molecule has 0 aliphatic carbocycles. The Balaban J connectivity index is 1.70. The predicted molar refractivity (Wildman–Crippen MR) is 141 cm³/mol. The topological polar surface area (TPSA) is 143 Å². The number of hydrogen-bond donors (Lipinski definition) is 2. The lowest BCUT2D eigenvalue weighted by atomic mass is 10.1. The average molecular weight is 518 g/mol. The zero-order valence-corrected chi connectivity index (χ0v) is 22.0. The number of pyridine rings is 1. The van der Waals surface area contributed by atoms with E-state index in [2.05, 4.69) is 37.2 Å². The highest BCUT2D eigenvalue weighted by Gasteiger charge is 2.24. The van der Waals surface area contributed by atoms with Crippen molar-refractivity contribution in [2.45, 2.75) is 33.4 Å². The van der Waals surface area contributed by atoms with Gasteiger partial charge in [-0.3, -0.25) is 19.7 Å². The van der Waals surface area contributed by atoms with Crippen molar-refractivity contribution in [3.8, 4) is 29.1 Å². The van der Waals surface area contributed by atoms with Crippen molar-refractivity contribution in [1.82, 2.24) is 39.6 Å². The minimum absolute atomic E-state index is 0.0901. The van der Waals surface area contributed by atoms with Crippen LogP contribution in [-0.4, -0.2) is 77.7 Å². The Morgan fingerprint density at radius 2 is 2.16 bits per heavy atom. The first-order valence-electron chi connectivity index (χ1n) is 12.6. The minimum Gasteiger partial charge on any atom is -0.476 e. The lowest BCUT2D eigenvalue weighted by Crippen LogP contribution is -2.30. The van der Waals surface area contributed by atoms with Crippen molar-refractivity contribution in [2.75, 3.05) is 32.9 Å². The summed E-state index contributed by atoms with van der Waals surface area (Å²) in [5, 5.41) is 36.8. The molecule has 0 spiro atoms. The maximum Gasteiger partial charge on any atom is 0.241 e. The molecular formula is C26H31N9O3. The molecule has 1 aliphatic heterocycles. The molecular weight excluding hydrogens is 486 g/mol. The summed E-state index contributed by atoms with van der Waals surface area (Å²) in [7, 11) is 1.87. The van der Waals surface area contributed by atoms with Crippen LogP contribution in [0.5, 0.6) is 11.8 Å². The highest BCUT2D eigenvalue weighted by Crippen LogP contribution is 2.34. The minimum atomic E-state index is -0.284. The van der Waals surface area contributed by atoms with E-state index < -0.39 is 0 Å². The molecule has 38 heavy (non-hydrogen) atoms. The van der Waals surface area contributed by atoms with Crippen molar-refractivity contribution in [2.24, 2.45) is 7.05 Å². The van der Waals surface area contributed by atoms with Gasteiger partial charge in [0.1, 0.15) is 12.7 Å². The molecule has 0 aromatic carbocycles. The number of ether oxygens (including phenoxy) is 2. The quantitative estimate of drug-likeness (QED) is 0.408. The van der Waals surface area contributed by atoms with Gasteiger partial charge in [0.15, 0.2) is 6.61 Å². The Labute approximate surface area is 220 Å². The normalized spacial score (nSPS) is 15.7. The molecule has 1 atom stereocenters. The van der Waals surface area contributed by atoms with Crippen LogP contribution in [0.4, 0.5) is 0 Å². The maximum atomic E-state index is 9.94. The number of nitrogens with one attached hydrogen (secondary N) is 1. The van der Waals surface area contributed by atoms with E-state index in [4.69, 9.17) is 14.7 Å². The summed E-state index contributed by atoms with van der Waals surface area (Å²) in [6.07, 6.45) is 5.58. The van der Waals surface area contributed by atoms with Crippen LogP contribution in [0.3, 0.4) is 0 Å². The third-order valence-corrected chi connectivity index (χ3v) is 6.75. The van der Waals surface area contributed by atoms with Crippen molar-refractivity contribution in [3.05, 3.63) is 34.9 Å². The zero-order chi connectivity index (χ0) is 26.8. The molecule has 0 saturated carbocycles. The molecule has 0 fully saturated rings. The lowest BCUT2D eigenvalue weighted by molar-refractivity contribution is 0.189. The van der Waals surface area contributed by atoms with E-state index in [-0.39, 0.29) is 19.3 Å². The van der Waals surface area contributed by atoms with Gasteiger partial charge in [0, 0.05) is 25.5 Å². The van der Waals surface area contributed by atoms with Crippen LogP contribution in [0.2, 0.25) is 0 Å². The number of rotatable bonds is 5. The number of hydrogen-bond acceptors (Lipinski definition) is 9. The third-order valence-electron chi connectivity index (χ3n) is 6.75. The highest BCUT2D eigenvalue weighted by atomic mass is 16.5. The van der Waals surface area contributed by atoms with Gasteiger partial charge in [0.05, 0.1) is 58.3 Å². The number of fused-ring (bicyclic) bond motifs is 4. The fourth-order valence-corrected chi connectivity index (χ4v) is 4.73. The molecule has 1 aliphatic rings. The van der Waals surface area contributed by atoms with Crippen molar-refractivity contribution < 1.29 is 14.6 Å². The number of likely N-dealkylation sites (N-methyl/N-ethyl adjacent to an activating group) is 1. The molecule has 2 N–H and O–H groups in total. The number of aliphatic hydroxyl groups excluding tert-OH is 1. The first kappa shape index (κ1) is 25.4. The summed E-state index contributed by atoms with van der Waals surface area (Å²) in [6.45, 7) is 8.08. The molecule has 1 unspecified atom stereocenters. The highest BCUT2D eigenvalue weighted by molar-refractivity contribution is 5.92. The van der Waals surface area contributed by atoms with Gasteiger partial charge in [-0.25, -0.2) is 4.68 Å². The fourth-order valence-electron chi connectivity index (χ4n) is 4.73.